The average Bonchev–Trinajstić information content (AvgIpc) is 3.06. The third kappa shape index (κ3) is 3.27. The van der Waals surface area contributed by atoms with Gasteiger partial charge in [0.05, 0.1) is 0 Å². The molecule has 0 bridgehead atoms. The zero-order chi connectivity index (χ0) is 17.2. The van der Waals surface area contributed by atoms with Crippen molar-refractivity contribution in [2.24, 2.45) is 0 Å². The minimum Gasteiger partial charge on any atom is -0.480 e. The fourth-order valence-electron chi connectivity index (χ4n) is 2.56. The van der Waals surface area contributed by atoms with Gasteiger partial charge in [0.25, 0.3) is 5.91 Å². The SMILES string of the molecule is O=C(NC1(C(=O)O)CCOCC1)c1cc(-c2cccc(Cl)c2)no1. The van der Waals surface area contributed by atoms with Crippen LogP contribution in [0.3, 0.4) is 0 Å². The summed E-state index contributed by atoms with van der Waals surface area (Å²) in [6, 6.07) is 8.41. The molecule has 0 atom stereocenters. The van der Waals surface area contributed by atoms with E-state index >= 15 is 0 Å². The number of hydrogen-bond acceptors (Lipinski definition) is 5. The Kier molecular flexibility index (Phi) is 4.55. The number of carbonyl (C=O) groups excluding carboxylic acids is 1. The van der Waals surface area contributed by atoms with Gasteiger partial charge in [-0.2, -0.15) is 0 Å². The van der Waals surface area contributed by atoms with Crippen molar-refractivity contribution >= 4 is 23.5 Å². The van der Waals surface area contributed by atoms with Crippen LogP contribution < -0.4 is 5.32 Å². The topological polar surface area (TPSA) is 102 Å². The number of amides is 1. The second kappa shape index (κ2) is 6.62. The third-order valence-corrected chi connectivity index (χ3v) is 4.20. The minimum atomic E-state index is -1.35. The van der Waals surface area contributed by atoms with E-state index in [1.165, 1.54) is 6.07 Å². The molecule has 0 saturated carbocycles. The molecule has 3 rings (SSSR count). The summed E-state index contributed by atoms with van der Waals surface area (Å²) in [5, 5.41) is 16.4. The largest absolute Gasteiger partial charge is 0.480 e. The van der Waals surface area contributed by atoms with Crippen molar-refractivity contribution in [1.29, 1.82) is 0 Å². The molecule has 7 nitrogen and oxygen atoms in total. The van der Waals surface area contributed by atoms with Gasteiger partial charge in [0.2, 0.25) is 5.76 Å². The Morgan fingerprint density at radius 2 is 2.00 bits per heavy atom. The Hall–Kier alpha value is -2.38. The van der Waals surface area contributed by atoms with Crippen LogP contribution in [0.15, 0.2) is 34.9 Å². The maximum absolute atomic E-state index is 12.4. The van der Waals surface area contributed by atoms with Gasteiger partial charge in [-0.15, -0.1) is 0 Å². The molecule has 0 aliphatic carbocycles. The number of rotatable bonds is 4. The van der Waals surface area contributed by atoms with Crippen molar-refractivity contribution in [2.75, 3.05) is 13.2 Å². The van der Waals surface area contributed by atoms with E-state index in [2.05, 4.69) is 10.5 Å². The first kappa shape index (κ1) is 16.5. The minimum absolute atomic E-state index is 0.0582. The highest BCUT2D eigenvalue weighted by Crippen LogP contribution is 2.24. The molecule has 0 unspecified atom stereocenters. The van der Waals surface area contributed by atoms with Gasteiger partial charge in [0.1, 0.15) is 11.2 Å². The zero-order valence-corrected chi connectivity index (χ0v) is 13.4. The Morgan fingerprint density at radius 3 is 2.67 bits per heavy atom. The van der Waals surface area contributed by atoms with Gasteiger partial charge in [-0.3, -0.25) is 4.79 Å². The van der Waals surface area contributed by atoms with Crippen LogP contribution >= 0.6 is 11.6 Å². The van der Waals surface area contributed by atoms with E-state index in [4.69, 9.17) is 20.9 Å². The molecule has 2 N–H and O–H groups in total. The highest BCUT2D eigenvalue weighted by atomic mass is 35.5. The van der Waals surface area contributed by atoms with Crippen molar-refractivity contribution in [3.63, 3.8) is 0 Å². The summed E-state index contributed by atoms with van der Waals surface area (Å²) in [6.45, 7) is 0.549. The number of carboxylic acids is 1. The average molecular weight is 351 g/mol. The molecule has 0 radical (unpaired) electrons. The zero-order valence-electron chi connectivity index (χ0n) is 12.6. The smallest absolute Gasteiger partial charge is 0.329 e. The molecule has 1 aromatic heterocycles. The fraction of sp³-hybridized carbons (Fsp3) is 0.312. The van der Waals surface area contributed by atoms with Gasteiger partial charge in [0, 0.05) is 42.7 Å². The first-order valence-corrected chi connectivity index (χ1v) is 7.74. The predicted octanol–water partition coefficient (Wildman–Crippen LogP) is 2.36. The van der Waals surface area contributed by atoms with Crippen molar-refractivity contribution in [3.8, 4) is 11.3 Å². The monoisotopic (exact) mass is 350 g/mol. The molecule has 0 spiro atoms. The summed E-state index contributed by atoms with van der Waals surface area (Å²) in [7, 11) is 0. The molecule has 1 aromatic carbocycles. The highest BCUT2D eigenvalue weighted by Gasteiger charge is 2.42. The van der Waals surface area contributed by atoms with Crippen LogP contribution in [0, 0.1) is 0 Å². The number of nitrogens with zero attached hydrogens (tertiary/aromatic N) is 1. The van der Waals surface area contributed by atoms with E-state index in [1.54, 1.807) is 24.3 Å². The summed E-state index contributed by atoms with van der Waals surface area (Å²) < 4.78 is 10.2. The van der Waals surface area contributed by atoms with Crippen LogP contribution in [0.2, 0.25) is 5.02 Å². The summed E-state index contributed by atoms with van der Waals surface area (Å²) in [6.07, 6.45) is 0.396. The molecule has 2 aromatic rings. The lowest BCUT2D eigenvalue weighted by atomic mass is 9.90. The van der Waals surface area contributed by atoms with Crippen LogP contribution in [-0.2, 0) is 9.53 Å². The highest BCUT2D eigenvalue weighted by molar-refractivity contribution is 6.30. The van der Waals surface area contributed by atoms with Gasteiger partial charge < -0.3 is 19.7 Å². The van der Waals surface area contributed by atoms with E-state index in [-0.39, 0.29) is 31.8 Å². The first-order valence-electron chi connectivity index (χ1n) is 7.36. The number of aliphatic carboxylic acids is 1. The molecule has 8 heteroatoms. The molecule has 1 amide bonds. The van der Waals surface area contributed by atoms with Crippen molar-refractivity contribution in [1.82, 2.24) is 10.5 Å². The second-order valence-corrected chi connectivity index (χ2v) is 5.98. The summed E-state index contributed by atoms with van der Waals surface area (Å²) in [5.41, 5.74) is -0.207. The van der Waals surface area contributed by atoms with Crippen LogP contribution in [0.25, 0.3) is 11.3 Å². The summed E-state index contributed by atoms with van der Waals surface area (Å²) in [5.74, 6) is -1.77. The number of hydrogen-bond donors (Lipinski definition) is 2. The molecular weight excluding hydrogens is 336 g/mol. The maximum atomic E-state index is 12.4. The van der Waals surface area contributed by atoms with E-state index in [1.807, 2.05) is 0 Å². The van der Waals surface area contributed by atoms with Crippen LogP contribution in [0.4, 0.5) is 0 Å². The summed E-state index contributed by atoms with van der Waals surface area (Å²) >= 11 is 5.93. The molecule has 1 aliphatic rings. The van der Waals surface area contributed by atoms with Gasteiger partial charge in [-0.1, -0.05) is 28.9 Å². The molecule has 1 fully saturated rings. The van der Waals surface area contributed by atoms with E-state index in [0.29, 0.717) is 16.3 Å². The summed E-state index contributed by atoms with van der Waals surface area (Å²) in [4.78, 5) is 23.9. The molecule has 1 aliphatic heterocycles. The number of carbonyl (C=O) groups is 2. The lowest BCUT2D eigenvalue weighted by Crippen LogP contribution is -2.57. The Bertz CT molecular complexity index is 767. The van der Waals surface area contributed by atoms with Crippen molar-refractivity contribution < 1.29 is 24.0 Å². The normalized spacial score (nSPS) is 16.5. The number of halogens is 1. The molecular formula is C16H15ClN2O5. The number of nitrogens with one attached hydrogen (secondary N) is 1. The molecule has 24 heavy (non-hydrogen) atoms. The van der Waals surface area contributed by atoms with E-state index < -0.39 is 17.4 Å². The van der Waals surface area contributed by atoms with Crippen molar-refractivity contribution in [2.45, 2.75) is 18.4 Å². The molecule has 126 valence electrons. The lowest BCUT2D eigenvalue weighted by molar-refractivity contribution is -0.148. The van der Waals surface area contributed by atoms with E-state index in [9.17, 15) is 14.7 Å². The van der Waals surface area contributed by atoms with Crippen LogP contribution in [0.5, 0.6) is 0 Å². The van der Waals surface area contributed by atoms with Crippen LogP contribution in [0.1, 0.15) is 23.4 Å². The quantitative estimate of drug-likeness (QED) is 0.877. The van der Waals surface area contributed by atoms with Gasteiger partial charge in [0.15, 0.2) is 0 Å². The lowest BCUT2D eigenvalue weighted by Gasteiger charge is -2.33. The number of benzene rings is 1. The standard InChI is InChI=1S/C16H15ClN2O5/c17-11-3-1-2-10(8-11)12-9-13(24-19-12)14(20)18-16(15(21)22)4-6-23-7-5-16/h1-3,8-9H,4-7H2,(H,18,20)(H,21,22). The fourth-order valence-corrected chi connectivity index (χ4v) is 2.75. The number of aromatic nitrogens is 1. The van der Waals surface area contributed by atoms with Crippen molar-refractivity contribution in [3.05, 3.63) is 41.1 Å². The number of carboxylic acid groups (broad SMARTS) is 1. The van der Waals surface area contributed by atoms with Crippen LogP contribution in [-0.4, -0.2) is 40.9 Å². The molecule has 1 saturated heterocycles. The maximum Gasteiger partial charge on any atom is 0.329 e. The first-order chi connectivity index (χ1) is 11.5. The van der Waals surface area contributed by atoms with E-state index in [0.717, 1.165) is 0 Å². The van der Waals surface area contributed by atoms with Gasteiger partial charge >= 0.3 is 5.97 Å². The Morgan fingerprint density at radius 1 is 1.25 bits per heavy atom. The number of ether oxygens (including phenoxy) is 1. The molecule has 2 heterocycles. The third-order valence-electron chi connectivity index (χ3n) is 3.96. The predicted molar refractivity (Wildman–Crippen MR) is 84.8 cm³/mol. The second-order valence-electron chi connectivity index (χ2n) is 5.54. The van der Waals surface area contributed by atoms with Gasteiger partial charge in [-0.25, -0.2) is 4.79 Å². The van der Waals surface area contributed by atoms with Gasteiger partial charge in [-0.05, 0) is 12.1 Å². The Balaban J connectivity index is 1.79. The Labute approximate surface area is 142 Å².